The Labute approximate surface area is 176 Å². The maximum absolute atomic E-state index is 13.1. The molecule has 162 valence electrons. The molecule has 4 atom stereocenters. The number of piperidine rings is 1. The van der Waals surface area contributed by atoms with E-state index in [1.54, 1.807) is 16.7 Å². The highest BCUT2D eigenvalue weighted by atomic mass is 31.2. The molecule has 2 aromatic rings. The average molecular weight is 431 g/mol. The number of benzene rings is 1. The summed E-state index contributed by atoms with van der Waals surface area (Å²) in [6.45, 7) is 7.15. The molecule has 2 aliphatic rings. The number of hydrogen-bond acceptors (Lipinski definition) is 4. The summed E-state index contributed by atoms with van der Waals surface area (Å²) < 4.78 is 13.6. The molecule has 30 heavy (non-hydrogen) atoms. The van der Waals surface area contributed by atoms with Crippen molar-refractivity contribution in [3.8, 4) is 0 Å². The lowest BCUT2D eigenvalue weighted by atomic mass is 9.93. The highest BCUT2D eigenvalue weighted by Gasteiger charge is 2.42. The second-order valence-electron chi connectivity index (χ2n) is 8.65. The highest BCUT2D eigenvalue weighted by molar-refractivity contribution is 7.59. The lowest BCUT2D eigenvalue weighted by Crippen LogP contribution is -2.48. The number of rotatable bonds is 7. The SMILES string of the molecule is C=CCC(CC)CN1[C@@H]2CC[C@H]1CC(n1c(=O)c(P(=O)(O)O)nc3ccccc31)C2. The molecule has 7 nitrogen and oxygen atoms in total. The summed E-state index contributed by atoms with van der Waals surface area (Å²) in [4.78, 5) is 39.2. The summed E-state index contributed by atoms with van der Waals surface area (Å²) in [6, 6.07) is 7.83. The molecule has 0 aliphatic carbocycles. The lowest BCUT2D eigenvalue weighted by Gasteiger charge is -2.41. The average Bonchev–Trinajstić information content (AvgIpc) is 2.93. The Bertz CT molecular complexity index is 1030. The zero-order valence-corrected chi connectivity index (χ0v) is 18.2. The van der Waals surface area contributed by atoms with Crippen LogP contribution in [0.15, 0.2) is 41.7 Å². The van der Waals surface area contributed by atoms with Gasteiger partial charge in [0.25, 0.3) is 5.56 Å². The van der Waals surface area contributed by atoms with Crippen molar-refractivity contribution in [3.05, 3.63) is 47.3 Å². The van der Waals surface area contributed by atoms with Crippen molar-refractivity contribution >= 4 is 24.1 Å². The molecule has 4 rings (SSSR count). The molecule has 1 aromatic carbocycles. The van der Waals surface area contributed by atoms with Crippen molar-refractivity contribution in [1.82, 2.24) is 14.5 Å². The Balaban J connectivity index is 1.70. The minimum Gasteiger partial charge on any atom is -0.320 e. The van der Waals surface area contributed by atoms with Crippen molar-refractivity contribution in [2.75, 3.05) is 6.54 Å². The monoisotopic (exact) mass is 431 g/mol. The van der Waals surface area contributed by atoms with Gasteiger partial charge in [0.1, 0.15) is 0 Å². The van der Waals surface area contributed by atoms with Gasteiger partial charge in [0.15, 0.2) is 0 Å². The van der Waals surface area contributed by atoms with Gasteiger partial charge in [-0.3, -0.25) is 14.3 Å². The first-order chi connectivity index (χ1) is 14.3. The van der Waals surface area contributed by atoms with Crippen molar-refractivity contribution < 1.29 is 14.4 Å². The van der Waals surface area contributed by atoms with Gasteiger partial charge in [-0.2, -0.15) is 0 Å². The standard InChI is InChI=1S/C22H30N3O4P/c1-3-7-15(4-2)14-24-16-10-11-17(24)13-18(12-16)25-20-9-6-5-8-19(20)23-21(22(25)26)30(27,28)29/h3,5-6,8-9,15-18H,1,4,7,10-14H2,2H3,(H2,27,28,29)/t15?,16-,17+,18?. The van der Waals surface area contributed by atoms with Gasteiger partial charge in [-0.05, 0) is 50.2 Å². The molecule has 2 N–H and O–H groups in total. The first kappa shape index (κ1) is 21.4. The summed E-state index contributed by atoms with van der Waals surface area (Å²) in [5, 5.41) is 0. The van der Waals surface area contributed by atoms with Gasteiger partial charge in [-0.25, -0.2) is 4.98 Å². The molecule has 2 unspecified atom stereocenters. The van der Waals surface area contributed by atoms with Gasteiger partial charge in [0, 0.05) is 24.7 Å². The number of allylic oxidation sites excluding steroid dienone is 1. The summed E-state index contributed by atoms with van der Waals surface area (Å²) in [5.74, 6) is 0.591. The minimum atomic E-state index is -4.76. The Morgan fingerprint density at radius 1 is 1.23 bits per heavy atom. The first-order valence-corrected chi connectivity index (χ1v) is 12.4. The Morgan fingerprint density at radius 2 is 1.90 bits per heavy atom. The van der Waals surface area contributed by atoms with Crippen LogP contribution in [-0.4, -0.2) is 42.9 Å². The van der Waals surface area contributed by atoms with E-state index in [0.29, 0.717) is 29.0 Å². The molecule has 2 saturated heterocycles. The third-order valence-corrected chi connectivity index (χ3v) is 7.67. The minimum absolute atomic E-state index is 0.0797. The van der Waals surface area contributed by atoms with E-state index in [2.05, 4.69) is 23.4 Å². The predicted octanol–water partition coefficient (Wildman–Crippen LogP) is 2.97. The molecule has 0 saturated carbocycles. The Hall–Kier alpha value is -1.79. The fourth-order valence-electron chi connectivity index (χ4n) is 5.35. The number of aromatic nitrogens is 2. The summed E-state index contributed by atoms with van der Waals surface area (Å²) in [5.41, 5.74) is -0.205. The van der Waals surface area contributed by atoms with E-state index >= 15 is 0 Å². The van der Waals surface area contributed by atoms with Gasteiger partial charge in [0.2, 0.25) is 5.44 Å². The number of hydrogen-bond donors (Lipinski definition) is 2. The van der Waals surface area contributed by atoms with E-state index in [9.17, 15) is 19.1 Å². The smallest absolute Gasteiger partial charge is 0.320 e. The molecule has 0 radical (unpaired) electrons. The fraction of sp³-hybridized carbons (Fsp3) is 0.545. The van der Waals surface area contributed by atoms with Crippen LogP contribution in [-0.2, 0) is 4.57 Å². The van der Waals surface area contributed by atoms with Gasteiger partial charge in [-0.1, -0.05) is 31.6 Å². The zero-order chi connectivity index (χ0) is 21.5. The molecule has 1 aromatic heterocycles. The summed E-state index contributed by atoms with van der Waals surface area (Å²) in [6.07, 6.45) is 7.96. The quantitative estimate of drug-likeness (QED) is 0.517. The maximum Gasteiger partial charge on any atom is 0.380 e. The second kappa shape index (κ2) is 8.39. The van der Waals surface area contributed by atoms with Crippen molar-refractivity contribution in [2.45, 2.75) is 63.6 Å². The summed E-state index contributed by atoms with van der Waals surface area (Å²) in [7, 11) is -4.76. The number of nitrogens with zero attached hydrogens (tertiary/aromatic N) is 3. The van der Waals surface area contributed by atoms with Crippen LogP contribution in [0.1, 0.15) is 51.5 Å². The van der Waals surface area contributed by atoms with Gasteiger partial charge >= 0.3 is 7.60 Å². The van der Waals surface area contributed by atoms with E-state index in [4.69, 9.17) is 0 Å². The van der Waals surface area contributed by atoms with Crippen LogP contribution in [0.4, 0.5) is 0 Å². The van der Waals surface area contributed by atoms with E-state index in [0.717, 1.165) is 45.1 Å². The lowest BCUT2D eigenvalue weighted by molar-refractivity contribution is 0.0885. The first-order valence-electron chi connectivity index (χ1n) is 10.8. The molecule has 2 bridgehead atoms. The molecular weight excluding hydrogens is 401 g/mol. The van der Waals surface area contributed by atoms with Crippen LogP contribution in [0.5, 0.6) is 0 Å². The fourth-order valence-corrected chi connectivity index (χ4v) is 5.95. The molecular formula is C22H30N3O4P. The maximum atomic E-state index is 13.1. The van der Waals surface area contributed by atoms with Crippen LogP contribution in [0.3, 0.4) is 0 Å². The van der Waals surface area contributed by atoms with Crippen LogP contribution in [0.2, 0.25) is 0 Å². The van der Waals surface area contributed by atoms with E-state index in [1.807, 2.05) is 18.2 Å². The molecule has 2 fully saturated rings. The molecule has 2 aliphatic heterocycles. The second-order valence-corrected chi connectivity index (χ2v) is 10.2. The van der Waals surface area contributed by atoms with Crippen molar-refractivity contribution in [2.24, 2.45) is 5.92 Å². The molecule has 0 spiro atoms. The topological polar surface area (TPSA) is 95.7 Å². The summed E-state index contributed by atoms with van der Waals surface area (Å²) >= 11 is 0. The van der Waals surface area contributed by atoms with E-state index in [-0.39, 0.29) is 6.04 Å². The predicted molar refractivity (Wildman–Crippen MR) is 118 cm³/mol. The van der Waals surface area contributed by atoms with Crippen molar-refractivity contribution in [3.63, 3.8) is 0 Å². The van der Waals surface area contributed by atoms with E-state index in [1.165, 1.54) is 0 Å². The largest absolute Gasteiger partial charge is 0.380 e. The van der Waals surface area contributed by atoms with Gasteiger partial charge < -0.3 is 14.4 Å². The molecule has 3 heterocycles. The van der Waals surface area contributed by atoms with Gasteiger partial charge in [-0.15, -0.1) is 6.58 Å². The van der Waals surface area contributed by atoms with Gasteiger partial charge in [0.05, 0.1) is 11.0 Å². The normalized spacial score (nSPS) is 25.5. The number of fused-ring (bicyclic) bond motifs is 3. The number of para-hydroxylation sites is 2. The Kier molecular flexibility index (Phi) is 5.99. The third-order valence-electron chi connectivity index (χ3n) is 6.82. The molecule has 0 amide bonds. The highest BCUT2D eigenvalue weighted by Crippen LogP contribution is 2.42. The third kappa shape index (κ3) is 3.92. The van der Waals surface area contributed by atoms with Crippen LogP contribution >= 0.6 is 7.60 Å². The molecule has 8 heteroatoms. The Morgan fingerprint density at radius 3 is 2.50 bits per heavy atom. The zero-order valence-electron chi connectivity index (χ0n) is 17.4. The van der Waals surface area contributed by atoms with E-state index < -0.39 is 18.6 Å². The van der Waals surface area contributed by atoms with Crippen LogP contribution in [0, 0.1) is 5.92 Å². The van der Waals surface area contributed by atoms with Crippen LogP contribution < -0.4 is 11.0 Å². The van der Waals surface area contributed by atoms with Crippen molar-refractivity contribution in [1.29, 1.82) is 0 Å². The van der Waals surface area contributed by atoms with Crippen LogP contribution in [0.25, 0.3) is 11.0 Å².